The summed E-state index contributed by atoms with van der Waals surface area (Å²) in [6.45, 7) is 3.02. The maximum Gasteiger partial charge on any atom is 0.228 e. The molecule has 8 nitrogen and oxygen atoms in total. The molecule has 0 atom stereocenters. The molecule has 8 heteroatoms. The van der Waals surface area contributed by atoms with Gasteiger partial charge in [0.25, 0.3) is 0 Å². The summed E-state index contributed by atoms with van der Waals surface area (Å²) in [6, 6.07) is 9.23. The number of carbonyl (C=O) groups excluding carboxylic acids is 2. The highest BCUT2D eigenvalue weighted by atomic mass is 16.5. The van der Waals surface area contributed by atoms with Gasteiger partial charge in [0, 0.05) is 43.5 Å². The van der Waals surface area contributed by atoms with Crippen LogP contribution in [0, 0.1) is 6.92 Å². The van der Waals surface area contributed by atoms with Crippen LogP contribution < -0.4 is 14.2 Å². The van der Waals surface area contributed by atoms with Crippen LogP contribution in [0.25, 0.3) is 11.0 Å². The Kier molecular flexibility index (Phi) is 5.23. The number of likely N-dealkylation sites (tertiary alicyclic amines) is 1. The molecule has 3 heterocycles. The van der Waals surface area contributed by atoms with E-state index in [1.807, 2.05) is 30.0 Å². The minimum Gasteiger partial charge on any atom is -0.496 e. The quantitative estimate of drug-likeness (QED) is 0.598. The van der Waals surface area contributed by atoms with Crippen LogP contribution in [0.4, 0.5) is 0 Å². The number of methoxy groups -OCH3 is 2. The van der Waals surface area contributed by atoms with Crippen molar-refractivity contribution in [2.24, 2.45) is 0 Å². The zero-order valence-electron chi connectivity index (χ0n) is 19.0. The summed E-state index contributed by atoms with van der Waals surface area (Å²) in [5, 5.41) is 4.98. The Morgan fingerprint density at radius 3 is 2.67 bits per heavy atom. The number of ketones is 1. The van der Waals surface area contributed by atoms with E-state index in [2.05, 4.69) is 5.16 Å². The first kappa shape index (κ1) is 21.3. The van der Waals surface area contributed by atoms with Crippen LogP contribution in [0.5, 0.6) is 17.2 Å². The molecular formula is C25H26N2O6. The Morgan fingerprint density at radius 1 is 1.15 bits per heavy atom. The van der Waals surface area contributed by atoms with Crippen molar-refractivity contribution in [1.29, 1.82) is 0 Å². The zero-order chi connectivity index (χ0) is 23.2. The summed E-state index contributed by atoms with van der Waals surface area (Å²) in [6.07, 6.45) is 1.59. The summed E-state index contributed by atoms with van der Waals surface area (Å²) in [5.41, 5.74) is 2.24. The minimum absolute atomic E-state index is 0.00701. The van der Waals surface area contributed by atoms with Crippen molar-refractivity contribution in [3.63, 3.8) is 0 Å². The number of hydrogen-bond donors (Lipinski definition) is 0. The van der Waals surface area contributed by atoms with Gasteiger partial charge in [-0.25, -0.2) is 0 Å². The lowest BCUT2D eigenvalue weighted by atomic mass is 9.82. The largest absolute Gasteiger partial charge is 0.496 e. The molecule has 1 fully saturated rings. The molecule has 3 aromatic rings. The maximum atomic E-state index is 13.0. The number of Topliss-reactive ketones (excluding diaryl/α,β-unsaturated/α-hetero) is 1. The number of nitrogens with zero attached hydrogens (tertiary/aromatic N) is 2. The molecule has 0 unspecified atom stereocenters. The molecule has 0 saturated carbocycles. The smallest absolute Gasteiger partial charge is 0.228 e. The molecule has 2 aliphatic heterocycles. The van der Waals surface area contributed by atoms with E-state index in [1.165, 1.54) is 7.11 Å². The summed E-state index contributed by atoms with van der Waals surface area (Å²) >= 11 is 0. The molecule has 0 bridgehead atoms. The fraction of sp³-hybridized carbons (Fsp3) is 0.400. The number of fused-ring (bicyclic) bond motifs is 2. The lowest BCUT2D eigenvalue weighted by Gasteiger charge is -2.44. The van der Waals surface area contributed by atoms with Crippen LogP contribution >= 0.6 is 0 Å². The maximum absolute atomic E-state index is 13.0. The molecule has 0 radical (unpaired) electrons. The molecule has 2 aromatic carbocycles. The zero-order valence-corrected chi connectivity index (χ0v) is 19.0. The van der Waals surface area contributed by atoms with Crippen LogP contribution in [0.15, 0.2) is 34.9 Å². The van der Waals surface area contributed by atoms with E-state index in [9.17, 15) is 9.59 Å². The molecule has 2 aliphatic rings. The van der Waals surface area contributed by atoms with Gasteiger partial charge in [-0.15, -0.1) is 0 Å². The molecule has 1 saturated heterocycles. The second-order valence-corrected chi connectivity index (χ2v) is 8.77. The normalized spacial score (nSPS) is 17.1. The third-order valence-corrected chi connectivity index (χ3v) is 6.63. The first-order valence-electron chi connectivity index (χ1n) is 11.0. The van der Waals surface area contributed by atoms with Crippen LogP contribution in [-0.2, 0) is 11.2 Å². The Labute approximate surface area is 191 Å². The van der Waals surface area contributed by atoms with E-state index in [0.29, 0.717) is 60.0 Å². The van der Waals surface area contributed by atoms with Gasteiger partial charge in [-0.1, -0.05) is 16.8 Å². The van der Waals surface area contributed by atoms with Crippen molar-refractivity contribution in [3.05, 3.63) is 47.2 Å². The van der Waals surface area contributed by atoms with E-state index < -0.39 is 5.60 Å². The molecule has 1 aromatic heterocycles. The monoisotopic (exact) mass is 450 g/mol. The highest BCUT2D eigenvalue weighted by molar-refractivity contribution is 6.03. The van der Waals surface area contributed by atoms with E-state index in [4.69, 9.17) is 18.7 Å². The van der Waals surface area contributed by atoms with Crippen molar-refractivity contribution in [2.45, 2.75) is 38.2 Å². The van der Waals surface area contributed by atoms with E-state index >= 15 is 0 Å². The average Bonchev–Trinajstić information content (AvgIpc) is 3.20. The summed E-state index contributed by atoms with van der Waals surface area (Å²) in [5.74, 6) is 1.48. The summed E-state index contributed by atoms with van der Waals surface area (Å²) in [4.78, 5) is 27.8. The fourth-order valence-corrected chi connectivity index (χ4v) is 4.78. The number of ether oxygens (including phenoxy) is 3. The van der Waals surface area contributed by atoms with Gasteiger partial charge in [0.1, 0.15) is 34.1 Å². The third kappa shape index (κ3) is 3.79. The molecule has 33 heavy (non-hydrogen) atoms. The lowest BCUT2D eigenvalue weighted by Crippen LogP contribution is -2.52. The Morgan fingerprint density at radius 2 is 1.94 bits per heavy atom. The summed E-state index contributed by atoms with van der Waals surface area (Å²) < 4.78 is 22.5. The Bertz CT molecular complexity index is 1240. The lowest BCUT2D eigenvalue weighted by molar-refractivity contribution is -0.134. The summed E-state index contributed by atoms with van der Waals surface area (Å²) in [7, 11) is 3.08. The van der Waals surface area contributed by atoms with Gasteiger partial charge < -0.3 is 23.6 Å². The van der Waals surface area contributed by atoms with Crippen molar-refractivity contribution < 1.29 is 28.3 Å². The number of hydrogen-bond acceptors (Lipinski definition) is 7. The molecule has 0 N–H and O–H groups in total. The van der Waals surface area contributed by atoms with Gasteiger partial charge in [0.05, 0.1) is 27.1 Å². The Balaban J connectivity index is 1.30. The van der Waals surface area contributed by atoms with Crippen molar-refractivity contribution in [1.82, 2.24) is 10.1 Å². The second kappa shape index (κ2) is 8.10. The number of amides is 1. The van der Waals surface area contributed by atoms with Gasteiger partial charge in [-0.2, -0.15) is 0 Å². The van der Waals surface area contributed by atoms with Crippen LogP contribution in [-0.4, -0.2) is 54.7 Å². The van der Waals surface area contributed by atoms with Crippen LogP contribution in [0.2, 0.25) is 0 Å². The molecule has 1 amide bonds. The SMILES string of the molecule is COc1cc(OC)c2c(c1)OC1(CCN(C(=O)Cc3noc4ccc(C)cc34)CC1)CC2=O. The highest BCUT2D eigenvalue weighted by Gasteiger charge is 2.45. The molecule has 172 valence electrons. The number of aromatic nitrogens is 1. The topological polar surface area (TPSA) is 91.1 Å². The van der Waals surface area contributed by atoms with Gasteiger partial charge in [-0.3, -0.25) is 9.59 Å². The van der Waals surface area contributed by atoms with Gasteiger partial charge in [-0.05, 0) is 19.1 Å². The molecular weight excluding hydrogens is 424 g/mol. The number of rotatable bonds is 4. The third-order valence-electron chi connectivity index (χ3n) is 6.63. The average molecular weight is 450 g/mol. The Hall–Kier alpha value is -3.55. The van der Waals surface area contributed by atoms with E-state index in [0.717, 1.165) is 10.9 Å². The molecule has 5 rings (SSSR count). The minimum atomic E-state index is -0.629. The standard InChI is InChI=1S/C25H26N2O6/c1-15-4-5-20-17(10-15)18(26-33-20)13-23(29)27-8-6-25(7-9-27)14-19(28)24-21(31-3)11-16(30-2)12-22(24)32-25/h4-5,10-12H,6-9,13-14H2,1-3H3. The predicted molar refractivity (Wildman–Crippen MR) is 120 cm³/mol. The van der Waals surface area contributed by atoms with Crippen LogP contribution in [0.1, 0.15) is 40.9 Å². The first-order valence-corrected chi connectivity index (χ1v) is 11.0. The fourth-order valence-electron chi connectivity index (χ4n) is 4.78. The van der Waals surface area contributed by atoms with Gasteiger partial charge in [0.2, 0.25) is 5.91 Å². The molecule has 1 spiro atoms. The van der Waals surface area contributed by atoms with E-state index in [-0.39, 0.29) is 24.5 Å². The van der Waals surface area contributed by atoms with Crippen LogP contribution in [0.3, 0.4) is 0 Å². The highest BCUT2D eigenvalue weighted by Crippen LogP contribution is 2.44. The van der Waals surface area contributed by atoms with Crippen molar-refractivity contribution >= 4 is 22.7 Å². The first-order chi connectivity index (χ1) is 15.9. The number of piperidine rings is 1. The number of aryl methyl sites for hydroxylation is 1. The van der Waals surface area contributed by atoms with Crippen molar-refractivity contribution in [2.75, 3.05) is 27.3 Å². The van der Waals surface area contributed by atoms with Gasteiger partial charge in [0.15, 0.2) is 11.4 Å². The molecule has 0 aliphatic carbocycles. The van der Waals surface area contributed by atoms with Crippen molar-refractivity contribution in [3.8, 4) is 17.2 Å². The van der Waals surface area contributed by atoms with Gasteiger partial charge >= 0.3 is 0 Å². The number of carbonyl (C=O) groups is 2. The second-order valence-electron chi connectivity index (χ2n) is 8.77. The number of benzene rings is 2. The van der Waals surface area contributed by atoms with E-state index in [1.54, 1.807) is 19.2 Å². The predicted octanol–water partition coefficient (Wildman–Crippen LogP) is 3.72.